The van der Waals surface area contributed by atoms with Crippen LogP contribution in [0.3, 0.4) is 0 Å². The molecule has 2 aromatic rings. The molecule has 0 spiro atoms. The van der Waals surface area contributed by atoms with Crippen LogP contribution < -0.4 is 0 Å². The van der Waals surface area contributed by atoms with Crippen molar-refractivity contribution < 1.29 is 9.18 Å². The van der Waals surface area contributed by atoms with E-state index in [9.17, 15) is 9.18 Å². The zero-order valence-corrected chi connectivity index (χ0v) is 14.5. The van der Waals surface area contributed by atoms with Gasteiger partial charge in [0.05, 0.1) is 5.69 Å². The summed E-state index contributed by atoms with van der Waals surface area (Å²) in [7, 11) is 0. The molecular weight excluding hydrogens is 317 g/mol. The Hall–Kier alpha value is -2.17. The Kier molecular flexibility index (Phi) is 4.55. The summed E-state index contributed by atoms with van der Waals surface area (Å²) in [4.78, 5) is 15.0. The third-order valence-corrected chi connectivity index (χ3v) is 5.35. The van der Waals surface area contributed by atoms with Gasteiger partial charge in [-0.2, -0.15) is 5.10 Å². The highest BCUT2D eigenvalue weighted by Gasteiger charge is 2.28. The van der Waals surface area contributed by atoms with Gasteiger partial charge in [0.25, 0.3) is 5.91 Å². The fourth-order valence-corrected chi connectivity index (χ4v) is 3.99. The van der Waals surface area contributed by atoms with Crippen molar-refractivity contribution in [2.75, 3.05) is 13.1 Å². The van der Waals surface area contributed by atoms with E-state index >= 15 is 0 Å². The van der Waals surface area contributed by atoms with E-state index in [2.05, 4.69) is 0 Å². The lowest BCUT2D eigenvalue weighted by Gasteiger charge is -2.26. The zero-order chi connectivity index (χ0) is 17.2. The molecule has 0 saturated carbocycles. The smallest absolute Gasteiger partial charge is 0.274 e. The topological polar surface area (TPSA) is 38.1 Å². The molecule has 1 saturated heterocycles. The van der Waals surface area contributed by atoms with Crippen LogP contribution in [0.2, 0.25) is 0 Å². The van der Waals surface area contributed by atoms with Crippen molar-refractivity contribution in [2.45, 2.75) is 51.4 Å². The molecule has 0 N–H and O–H groups in total. The van der Waals surface area contributed by atoms with Crippen molar-refractivity contribution in [1.29, 1.82) is 0 Å². The minimum atomic E-state index is -0.258. The molecule has 2 heterocycles. The third kappa shape index (κ3) is 3.20. The minimum absolute atomic E-state index is 0.0683. The summed E-state index contributed by atoms with van der Waals surface area (Å²) < 4.78 is 15.2. The predicted octanol–water partition coefficient (Wildman–Crippen LogP) is 3.91. The average Bonchev–Trinajstić information content (AvgIpc) is 2.84. The van der Waals surface area contributed by atoms with Gasteiger partial charge in [-0.05, 0) is 69.2 Å². The minimum Gasteiger partial charge on any atom is -0.337 e. The van der Waals surface area contributed by atoms with Crippen LogP contribution in [0, 0.1) is 5.82 Å². The lowest BCUT2D eigenvalue weighted by molar-refractivity contribution is 0.0716. The summed E-state index contributed by atoms with van der Waals surface area (Å²) in [6.07, 6.45) is 8.57. The number of hydrogen-bond acceptors (Lipinski definition) is 2. The van der Waals surface area contributed by atoms with E-state index in [1.54, 1.807) is 12.1 Å². The quantitative estimate of drug-likeness (QED) is 0.777. The normalized spacial score (nSPS) is 17.9. The van der Waals surface area contributed by atoms with Crippen LogP contribution in [0.5, 0.6) is 0 Å². The number of benzene rings is 1. The van der Waals surface area contributed by atoms with E-state index in [-0.39, 0.29) is 11.7 Å². The summed E-state index contributed by atoms with van der Waals surface area (Å²) in [5, 5.41) is 4.71. The van der Waals surface area contributed by atoms with Gasteiger partial charge >= 0.3 is 0 Å². The van der Waals surface area contributed by atoms with E-state index in [4.69, 9.17) is 5.10 Å². The Morgan fingerprint density at radius 3 is 2.36 bits per heavy atom. The SMILES string of the molecule is O=C(c1nn(-c2ccc(F)cc2)c2c1CCCCC2)N1CCCCC1. The van der Waals surface area contributed by atoms with Crippen LogP contribution in [0.1, 0.15) is 60.3 Å². The lowest BCUT2D eigenvalue weighted by Crippen LogP contribution is -2.36. The van der Waals surface area contributed by atoms with Crippen LogP contribution in [0.25, 0.3) is 5.69 Å². The molecule has 1 aliphatic carbocycles. The molecular formula is C20H24FN3O. The van der Waals surface area contributed by atoms with Crippen LogP contribution in [0.4, 0.5) is 4.39 Å². The van der Waals surface area contributed by atoms with Crippen LogP contribution in [0.15, 0.2) is 24.3 Å². The molecule has 0 bridgehead atoms. The Morgan fingerprint density at radius 2 is 1.60 bits per heavy atom. The second-order valence-electron chi connectivity index (χ2n) is 7.08. The molecule has 1 amide bonds. The number of likely N-dealkylation sites (tertiary alicyclic amines) is 1. The third-order valence-electron chi connectivity index (χ3n) is 5.35. The molecule has 1 aromatic heterocycles. The fraction of sp³-hybridized carbons (Fsp3) is 0.500. The molecule has 25 heavy (non-hydrogen) atoms. The first-order valence-corrected chi connectivity index (χ1v) is 9.40. The molecule has 5 heteroatoms. The summed E-state index contributed by atoms with van der Waals surface area (Å²) in [5.74, 6) is -0.190. The summed E-state index contributed by atoms with van der Waals surface area (Å²) in [5.41, 5.74) is 3.68. The van der Waals surface area contributed by atoms with Gasteiger partial charge in [-0.15, -0.1) is 0 Å². The van der Waals surface area contributed by atoms with Gasteiger partial charge in [0.2, 0.25) is 0 Å². The molecule has 1 aromatic carbocycles. The maximum absolute atomic E-state index is 13.3. The van der Waals surface area contributed by atoms with Crippen molar-refractivity contribution >= 4 is 5.91 Å². The van der Waals surface area contributed by atoms with Gasteiger partial charge in [0.1, 0.15) is 5.82 Å². The highest BCUT2D eigenvalue weighted by molar-refractivity contribution is 5.94. The summed E-state index contributed by atoms with van der Waals surface area (Å²) in [6, 6.07) is 6.38. The number of rotatable bonds is 2. The first-order chi connectivity index (χ1) is 12.2. The number of amides is 1. The molecule has 0 unspecified atom stereocenters. The van der Waals surface area contributed by atoms with Crippen molar-refractivity contribution in [1.82, 2.24) is 14.7 Å². The first kappa shape index (κ1) is 16.3. The molecule has 2 aliphatic rings. The van der Waals surface area contributed by atoms with Gasteiger partial charge in [-0.1, -0.05) is 6.42 Å². The number of hydrogen-bond donors (Lipinski definition) is 0. The van der Waals surface area contributed by atoms with Crippen LogP contribution in [-0.2, 0) is 12.8 Å². The average molecular weight is 341 g/mol. The number of piperidine rings is 1. The van der Waals surface area contributed by atoms with E-state index < -0.39 is 0 Å². The monoisotopic (exact) mass is 341 g/mol. The Balaban J connectivity index is 1.76. The van der Waals surface area contributed by atoms with Gasteiger partial charge in [0.15, 0.2) is 5.69 Å². The molecule has 4 rings (SSSR count). The maximum atomic E-state index is 13.3. The van der Waals surface area contributed by atoms with Crippen molar-refractivity contribution in [3.63, 3.8) is 0 Å². The highest BCUT2D eigenvalue weighted by atomic mass is 19.1. The fourth-order valence-electron chi connectivity index (χ4n) is 3.99. The number of carbonyl (C=O) groups excluding carboxylic acids is 1. The number of carbonyl (C=O) groups is 1. The van der Waals surface area contributed by atoms with E-state index in [1.807, 2.05) is 9.58 Å². The molecule has 0 radical (unpaired) electrons. The highest BCUT2D eigenvalue weighted by Crippen LogP contribution is 2.28. The van der Waals surface area contributed by atoms with E-state index in [1.165, 1.54) is 25.0 Å². The van der Waals surface area contributed by atoms with Gasteiger partial charge < -0.3 is 4.90 Å². The summed E-state index contributed by atoms with van der Waals surface area (Å²) >= 11 is 0. The van der Waals surface area contributed by atoms with Gasteiger partial charge in [-0.25, -0.2) is 9.07 Å². The molecule has 132 valence electrons. The largest absolute Gasteiger partial charge is 0.337 e. The second kappa shape index (κ2) is 6.98. The van der Waals surface area contributed by atoms with Crippen molar-refractivity contribution in [3.05, 3.63) is 47.0 Å². The number of fused-ring (bicyclic) bond motifs is 1. The number of nitrogens with zero attached hydrogens (tertiary/aromatic N) is 3. The predicted molar refractivity (Wildman–Crippen MR) is 94.5 cm³/mol. The number of halogens is 1. The molecule has 1 fully saturated rings. The summed E-state index contributed by atoms with van der Waals surface area (Å²) in [6.45, 7) is 1.66. The Bertz CT molecular complexity index is 760. The second-order valence-corrected chi connectivity index (χ2v) is 7.08. The van der Waals surface area contributed by atoms with Crippen molar-refractivity contribution in [3.8, 4) is 5.69 Å². The Morgan fingerprint density at radius 1 is 0.920 bits per heavy atom. The zero-order valence-electron chi connectivity index (χ0n) is 14.5. The standard InChI is InChI=1S/C20H24FN3O/c21-15-9-11-16(12-10-15)24-18-8-4-1-3-7-17(18)19(22-24)20(25)23-13-5-2-6-14-23/h9-12H,1-8,13-14H2. The number of aromatic nitrogens is 2. The van der Waals surface area contributed by atoms with Crippen LogP contribution >= 0.6 is 0 Å². The van der Waals surface area contributed by atoms with Crippen molar-refractivity contribution in [2.24, 2.45) is 0 Å². The Labute approximate surface area is 147 Å². The lowest BCUT2D eigenvalue weighted by atomic mass is 10.1. The van der Waals surface area contributed by atoms with E-state index in [0.29, 0.717) is 5.69 Å². The first-order valence-electron chi connectivity index (χ1n) is 9.40. The van der Waals surface area contributed by atoms with E-state index in [0.717, 1.165) is 68.6 Å². The van der Waals surface area contributed by atoms with Gasteiger partial charge in [0, 0.05) is 24.3 Å². The van der Waals surface area contributed by atoms with Crippen LogP contribution in [-0.4, -0.2) is 33.7 Å². The molecule has 0 atom stereocenters. The molecule has 1 aliphatic heterocycles. The van der Waals surface area contributed by atoms with Gasteiger partial charge in [-0.3, -0.25) is 4.79 Å². The molecule has 4 nitrogen and oxygen atoms in total. The maximum Gasteiger partial charge on any atom is 0.274 e.